The number of furan rings is 1. The van der Waals surface area contributed by atoms with Crippen LogP contribution in [0.5, 0.6) is 0 Å². The summed E-state index contributed by atoms with van der Waals surface area (Å²) >= 11 is 1.10. The van der Waals surface area contributed by atoms with Crippen molar-refractivity contribution in [2.45, 2.75) is 13.8 Å². The Bertz CT molecular complexity index is 673. The summed E-state index contributed by atoms with van der Waals surface area (Å²) in [6.07, 6.45) is 0. The summed E-state index contributed by atoms with van der Waals surface area (Å²) in [5.74, 6) is -0.559. The van der Waals surface area contributed by atoms with E-state index >= 15 is 0 Å². The second-order valence-electron chi connectivity index (χ2n) is 3.91. The molecule has 2 N–H and O–H groups in total. The van der Waals surface area contributed by atoms with Crippen molar-refractivity contribution in [2.24, 2.45) is 0 Å². The van der Waals surface area contributed by atoms with Crippen LogP contribution in [0, 0.1) is 17.0 Å². The minimum absolute atomic E-state index is 0.247. The molecule has 7 nitrogen and oxygen atoms in total. The highest BCUT2D eigenvalue weighted by Crippen LogP contribution is 2.40. The molecule has 0 saturated carbocycles. The van der Waals surface area contributed by atoms with Gasteiger partial charge in [-0.2, -0.15) is 0 Å². The summed E-state index contributed by atoms with van der Waals surface area (Å²) in [6.45, 7) is 3.67. The topological polar surface area (TPSA) is 109 Å². The molecule has 0 spiro atoms. The third-order valence-corrected chi connectivity index (χ3v) is 3.95. The van der Waals surface area contributed by atoms with Gasteiger partial charge in [0.15, 0.2) is 5.76 Å². The molecule has 0 amide bonds. The van der Waals surface area contributed by atoms with Gasteiger partial charge in [-0.25, -0.2) is 4.79 Å². The zero-order valence-electron chi connectivity index (χ0n) is 10.8. The van der Waals surface area contributed by atoms with Crippen LogP contribution in [-0.2, 0) is 4.74 Å². The minimum atomic E-state index is -0.623. The molecule has 2 heterocycles. The highest BCUT2D eigenvalue weighted by atomic mass is 32.1. The van der Waals surface area contributed by atoms with Crippen LogP contribution in [0.1, 0.15) is 22.2 Å². The maximum Gasteiger partial charge on any atom is 0.433 e. The first kappa shape index (κ1) is 14.1. The molecule has 0 fully saturated rings. The Labute approximate surface area is 118 Å². The van der Waals surface area contributed by atoms with Crippen molar-refractivity contribution in [1.82, 2.24) is 0 Å². The van der Waals surface area contributed by atoms with Crippen molar-refractivity contribution in [3.8, 4) is 10.6 Å². The van der Waals surface area contributed by atoms with E-state index in [9.17, 15) is 14.9 Å². The average Bonchev–Trinajstić information content (AvgIpc) is 2.97. The van der Waals surface area contributed by atoms with Gasteiger partial charge in [-0.15, -0.1) is 11.3 Å². The Morgan fingerprint density at radius 2 is 2.25 bits per heavy atom. The van der Waals surface area contributed by atoms with Gasteiger partial charge in [-0.3, -0.25) is 10.1 Å². The number of hydrogen-bond acceptors (Lipinski definition) is 7. The predicted molar refractivity (Wildman–Crippen MR) is 73.8 cm³/mol. The molecule has 2 aromatic rings. The van der Waals surface area contributed by atoms with E-state index in [1.807, 2.05) is 0 Å². The van der Waals surface area contributed by atoms with Crippen LogP contribution in [0.25, 0.3) is 10.6 Å². The molecule has 0 bridgehead atoms. The lowest BCUT2D eigenvalue weighted by molar-refractivity contribution is -0.401. The summed E-state index contributed by atoms with van der Waals surface area (Å²) in [5, 5.41) is 10.6. The van der Waals surface area contributed by atoms with Gasteiger partial charge in [-0.1, -0.05) is 0 Å². The van der Waals surface area contributed by atoms with Crippen LogP contribution in [0.4, 0.5) is 11.6 Å². The number of thiophene rings is 1. The van der Waals surface area contributed by atoms with Crippen molar-refractivity contribution in [3.63, 3.8) is 0 Å². The van der Waals surface area contributed by atoms with Crippen LogP contribution in [0.15, 0.2) is 16.5 Å². The minimum Gasteiger partial charge on any atom is -0.462 e. The Morgan fingerprint density at radius 1 is 1.55 bits per heavy atom. The highest BCUT2D eigenvalue weighted by Gasteiger charge is 2.23. The van der Waals surface area contributed by atoms with Crippen molar-refractivity contribution >= 4 is 28.9 Å². The molecule has 2 aromatic heterocycles. The smallest absolute Gasteiger partial charge is 0.433 e. The van der Waals surface area contributed by atoms with Crippen molar-refractivity contribution in [3.05, 3.63) is 32.7 Å². The van der Waals surface area contributed by atoms with Gasteiger partial charge in [0.2, 0.25) is 0 Å². The molecule has 0 aromatic carbocycles. The maximum atomic E-state index is 11.7. The lowest BCUT2D eigenvalue weighted by Crippen LogP contribution is -2.05. The van der Waals surface area contributed by atoms with Gasteiger partial charge in [0.25, 0.3) is 0 Å². The predicted octanol–water partition coefficient (Wildman–Crippen LogP) is 2.98. The summed E-state index contributed by atoms with van der Waals surface area (Å²) in [5.41, 5.74) is 6.82. The summed E-state index contributed by atoms with van der Waals surface area (Å²) in [6, 6.07) is 2.74. The Kier molecular flexibility index (Phi) is 3.75. The fourth-order valence-corrected chi connectivity index (χ4v) is 2.74. The van der Waals surface area contributed by atoms with E-state index in [1.165, 1.54) is 12.1 Å². The summed E-state index contributed by atoms with van der Waals surface area (Å²) < 4.78 is 10.0. The van der Waals surface area contributed by atoms with Crippen LogP contribution in [-0.4, -0.2) is 17.5 Å². The number of ether oxygens (including phenoxy) is 1. The van der Waals surface area contributed by atoms with Gasteiger partial charge < -0.3 is 14.9 Å². The first-order valence-corrected chi connectivity index (χ1v) is 6.58. The van der Waals surface area contributed by atoms with Crippen LogP contribution in [0.2, 0.25) is 0 Å². The molecular formula is C12H12N2O5S. The molecule has 0 atom stereocenters. The Balaban J connectivity index is 2.44. The molecule has 20 heavy (non-hydrogen) atoms. The lowest BCUT2D eigenvalue weighted by Gasteiger charge is -1.99. The van der Waals surface area contributed by atoms with Crippen molar-refractivity contribution in [1.29, 1.82) is 0 Å². The second-order valence-corrected chi connectivity index (χ2v) is 4.94. The van der Waals surface area contributed by atoms with E-state index in [4.69, 9.17) is 14.9 Å². The van der Waals surface area contributed by atoms with Gasteiger partial charge in [-0.05, 0) is 25.5 Å². The van der Waals surface area contributed by atoms with Crippen LogP contribution in [0.3, 0.4) is 0 Å². The largest absolute Gasteiger partial charge is 0.462 e. The van der Waals surface area contributed by atoms with Gasteiger partial charge in [0.05, 0.1) is 23.2 Å². The van der Waals surface area contributed by atoms with Crippen molar-refractivity contribution in [2.75, 3.05) is 12.3 Å². The average molecular weight is 296 g/mol. The summed E-state index contributed by atoms with van der Waals surface area (Å²) in [7, 11) is 0. The number of nitrogens with two attached hydrogens (primary N) is 1. The maximum absolute atomic E-state index is 11.7. The molecule has 0 aliphatic carbocycles. The van der Waals surface area contributed by atoms with E-state index in [1.54, 1.807) is 13.8 Å². The van der Waals surface area contributed by atoms with Gasteiger partial charge >= 0.3 is 11.9 Å². The van der Waals surface area contributed by atoms with E-state index in [0.717, 1.165) is 11.3 Å². The molecule has 106 valence electrons. The number of rotatable bonds is 4. The van der Waals surface area contributed by atoms with Crippen molar-refractivity contribution < 1.29 is 18.9 Å². The number of nitro groups is 1. The molecular weight excluding hydrogens is 284 g/mol. The number of nitrogens with zero attached hydrogens (tertiary/aromatic N) is 1. The zero-order chi connectivity index (χ0) is 14.9. The third kappa shape index (κ3) is 2.37. The molecule has 8 heteroatoms. The zero-order valence-corrected chi connectivity index (χ0v) is 11.7. The third-order valence-electron chi connectivity index (χ3n) is 2.65. The lowest BCUT2D eigenvalue weighted by atomic mass is 10.2. The van der Waals surface area contributed by atoms with E-state index in [0.29, 0.717) is 21.9 Å². The number of anilines is 1. The highest BCUT2D eigenvalue weighted by molar-refractivity contribution is 7.18. The molecule has 0 aliphatic heterocycles. The number of hydrogen-bond donors (Lipinski definition) is 1. The normalized spacial score (nSPS) is 10.5. The number of nitrogen functional groups attached to an aromatic ring is 1. The fraction of sp³-hybridized carbons (Fsp3) is 0.250. The van der Waals surface area contributed by atoms with Gasteiger partial charge in [0.1, 0.15) is 9.80 Å². The quantitative estimate of drug-likeness (QED) is 0.527. The van der Waals surface area contributed by atoms with Crippen LogP contribution >= 0.6 is 11.3 Å². The Morgan fingerprint density at radius 3 is 2.80 bits per heavy atom. The van der Waals surface area contributed by atoms with Gasteiger partial charge in [0, 0.05) is 0 Å². The van der Waals surface area contributed by atoms with E-state index in [-0.39, 0.29) is 17.4 Å². The van der Waals surface area contributed by atoms with E-state index in [2.05, 4.69) is 0 Å². The number of carbonyl (C=O) groups excluding carboxylic acids is 1. The summed E-state index contributed by atoms with van der Waals surface area (Å²) in [4.78, 5) is 22.6. The fourth-order valence-electron chi connectivity index (χ4n) is 1.66. The first-order chi connectivity index (χ1) is 9.45. The molecule has 0 unspecified atom stereocenters. The first-order valence-electron chi connectivity index (χ1n) is 5.76. The molecule has 2 rings (SSSR count). The number of carbonyl (C=O) groups is 1. The molecule has 0 radical (unpaired) electrons. The second kappa shape index (κ2) is 5.33. The van der Waals surface area contributed by atoms with E-state index < -0.39 is 10.9 Å². The molecule has 0 saturated heterocycles. The SMILES string of the molecule is CCOC(=O)c1sc(-c2ccc([N+](=O)[O-])o2)c(C)c1N. The monoisotopic (exact) mass is 296 g/mol. The molecule has 0 aliphatic rings. The Hall–Kier alpha value is -2.35. The van der Waals surface area contributed by atoms with Crippen LogP contribution < -0.4 is 5.73 Å². The standard InChI is InChI=1S/C12H12N2O5S/c1-3-18-12(15)11-9(13)6(2)10(20-11)7-4-5-8(19-7)14(16)17/h4-5H,3,13H2,1-2H3. The number of esters is 1.